The Hall–Kier alpha value is -4.25. The topological polar surface area (TPSA) is 105 Å². The summed E-state index contributed by atoms with van der Waals surface area (Å²) in [5.41, 5.74) is 3.08. The number of benzene rings is 4. The first kappa shape index (κ1) is 31.4. The molecule has 4 aromatic carbocycles. The van der Waals surface area contributed by atoms with E-state index in [0.29, 0.717) is 52.6 Å². The SMILES string of the molecule is CC(=O)Oc1cc2c(c3ccccc13)[C@H](CCl)CN2C(=O)C1=CN[C@@H](C(=O)N2C[C@@H](CCl)c3c2cc(OC(C)=O)c2ccccc32)S1. The van der Waals surface area contributed by atoms with Gasteiger partial charge in [0.05, 0.1) is 16.3 Å². The Morgan fingerprint density at radius 3 is 1.72 bits per heavy atom. The van der Waals surface area contributed by atoms with E-state index in [4.69, 9.17) is 32.7 Å². The van der Waals surface area contributed by atoms with Gasteiger partial charge in [0, 0.05) is 79.6 Å². The van der Waals surface area contributed by atoms with Gasteiger partial charge < -0.3 is 24.6 Å². The number of anilines is 2. The Morgan fingerprint density at radius 1 is 0.766 bits per heavy atom. The smallest absolute Gasteiger partial charge is 0.308 e. The van der Waals surface area contributed by atoms with Crippen molar-refractivity contribution in [3.8, 4) is 11.5 Å². The summed E-state index contributed by atoms with van der Waals surface area (Å²) >= 11 is 14.0. The molecule has 7 rings (SSSR count). The van der Waals surface area contributed by atoms with Gasteiger partial charge in [0.25, 0.3) is 11.8 Å². The molecule has 2 amide bonds. The fourth-order valence-electron chi connectivity index (χ4n) is 6.81. The maximum absolute atomic E-state index is 14.1. The molecular formula is C35H29Cl2N3O6S. The minimum atomic E-state index is -0.779. The van der Waals surface area contributed by atoms with Crippen LogP contribution in [0.1, 0.15) is 36.8 Å². The molecule has 0 fully saturated rings. The first-order valence-corrected chi connectivity index (χ1v) is 17.0. The molecule has 9 nitrogen and oxygen atoms in total. The van der Waals surface area contributed by atoms with Crippen molar-refractivity contribution in [2.75, 3.05) is 34.6 Å². The molecule has 0 saturated carbocycles. The zero-order chi connectivity index (χ0) is 33.0. The number of amides is 2. The van der Waals surface area contributed by atoms with Gasteiger partial charge in [0.1, 0.15) is 11.5 Å². The Labute approximate surface area is 284 Å². The number of hydrogen-bond acceptors (Lipinski definition) is 8. The normalized spacial score (nSPS) is 19.7. The summed E-state index contributed by atoms with van der Waals surface area (Å²) in [6.07, 6.45) is 1.57. The third-order valence-electron chi connectivity index (χ3n) is 8.69. The molecule has 0 spiro atoms. The fraction of sp³-hybridized carbons (Fsp3) is 0.257. The minimum absolute atomic E-state index is 0.137. The van der Waals surface area contributed by atoms with Crippen molar-refractivity contribution in [2.45, 2.75) is 31.1 Å². The lowest BCUT2D eigenvalue weighted by molar-refractivity contribution is -0.132. The van der Waals surface area contributed by atoms with Gasteiger partial charge >= 0.3 is 11.9 Å². The summed E-state index contributed by atoms with van der Waals surface area (Å²) < 4.78 is 11.1. The van der Waals surface area contributed by atoms with Crippen LogP contribution in [0.3, 0.4) is 0 Å². The highest BCUT2D eigenvalue weighted by atomic mass is 35.5. The molecule has 0 unspecified atom stereocenters. The van der Waals surface area contributed by atoms with Gasteiger partial charge in [-0.15, -0.1) is 23.2 Å². The maximum atomic E-state index is 14.1. The fourth-order valence-corrected chi connectivity index (χ4v) is 8.28. The highest BCUT2D eigenvalue weighted by molar-refractivity contribution is 8.05. The molecule has 1 N–H and O–H groups in total. The second kappa shape index (κ2) is 12.4. The number of esters is 2. The van der Waals surface area contributed by atoms with Gasteiger partial charge in [0.2, 0.25) is 0 Å². The van der Waals surface area contributed by atoms with Crippen molar-refractivity contribution in [1.82, 2.24) is 5.32 Å². The van der Waals surface area contributed by atoms with Crippen LogP contribution in [-0.4, -0.2) is 54.0 Å². The number of rotatable bonds is 6. The van der Waals surface area contributed by atoms with Crippen LogP contribution < -0.4 is 24.6 Å². The van der Waals surface area contributed by atoms with Gasteiger partial charge in [-0.25, -0.2) is 0 Å². The molecule has 4 aromatic rings. The van der Waals surface area contributed by atoms with E-state index in [1.165, 1.54) is 13.8 Å². The molecular weight excluding hydrogens is 661 g/mol. The highest BCUT2D eigenvalue weighted by Crippen LogP contribution is 2.48. The number of fused-ring (bicyclic) bond motifs is 6. The third-order valence-corrected chi connectivity index (χ3v) is 10.6. The largest absolute Gasteiger partial charge is 0.426 e. The molecule has 3 aliphatic rings. The Bertz CT molecular complexity index is 2030. The van der Waals surface area contributed by atoms with Crippen molar-refractivity contribution in [2.24, 2.45) is 0 Å². The first-order chi connectivity index (χ1) is 22.7. The lowest BCUT2D eigenvalue weighted by Gasteiger charge is -2.23. The van der Waals surface area contributed by atoms with Gasteiger partial charge in [-0.1, -0.05) is 60.3 Å². The monoisotopic (exact) mass is 689 g/mol. The van der Waals surface area contributed by atoms with E-state index in [-0.39, 0.29) is 23.7 Å². The summed E-state index contributed by atoms with van der Waals surface area (Å²) in [5, 5.41) is 5.58. The van der Waals surface area contributed by atoms with Crippen molar-refractivity contribution in [1.29, 1.82) is 0 Å². The van der Waals surface area contributed by atoms with Crippen LogP contribution in [0, 0.1) is 0 Å². The zero-order valence-electron chi connectivity index (χ0n) is 25.4. The predicted octanol–water partition coefficient (Wildman–Crippen LogP) is 6.39. The summed E-state index contributed by atoms with van der Waals surface area (Å²) in [4.78, 5) is 55.7. The predicted molar refractivity (Wildman–Crippen MR) is 185 cm³/mol. The van der Waals surface area contributed by atoms with Crippen molar-refractivity contribution in [3.63, 3.8) is 0 Å². The number of carbonyl (C=O) groups is 4. The van der Waals surface area contributed by atoms with E-state index in [1.807, 2.05) is 48.5 Å². The van der Waals surface area contributed by atoms with Crippen LogP contribution in [0.25, 0.3) is 21.5 Å². The first-order valence-electron chi connectivity index (χ1n) is 15.1. The summed E-state index contributed by atoms with van der Waals surface area (Å²) in [6.45, 7) is 3.35. The molecule has 12 heteroatoms. The second-order valence-electron chi connectivity index (χ2n) is 11.6. The van der Waals surface area contributed by atoms with E-state index in [2.05, 4.69) is 5.32 Å². The Balaban J connectivity index is 1.18. The van der Waals surface area contributed by atoms with Gasteiger partial charge in [-0.2, -0.15) is 0 Å². The molecule has 3 heterocycles. The molecule has 0 bridgehead atoms. The molecule has 0 aromatic heterocycles. The lowest BCUT2D eigenvalue weighted by atomic mass is 9.95. The number of nitrogens with zero attached hydrogens (tertiary/aromatic N) is 2. The third kappa shape index (κ3) is 5.38. The molecule has 240 valence electrons. The van der Waals surface area contributed by atoms with Crippen LogP contribution >= 0.6 is 35.0 Å². The zero-order valence-corrected chi connectivity index (χ0v) is 27.7. The van der Waals surface area contributed by atoms with Crippen LogP contribution in [0.5, 0.6) is 11.5 Å². The average Bonchev–Trinajstić information content (AvgIpc) is 3.80. The number of halogens is 2. The van der Waals surface area contributed by atoms with Crippen molar-refractivity contribution in [3.05, 3.63) is 82.9 Å². The lowest BCUT2D eigenvalue weighted by Crippen LogP contribution is -2.41. The van der Waals surface area contributed by atoms with Gasteiger partial charge in [0.15, 0.2) is 5.37 Å². The number of alkyl halides is 2. The molecule has 3 aliphatic heterocycles. The van der Waals surface area contributed by atoms with Crippen LogP contribution in [0.2, 0.25) is 0 Å². The number of thioether (sulfide) groups is 1. The van der Waals surface area contributed by atoms with E-state index in [1.54, 1.807) is 28.1 Å². The molecule has 0 saturated heterocycles. The Kier molecular flexibility index (Phi) is 8.28. The van der Waals surface area contributed by atoms with Crippen LogP contribution in [-0.2, 0) is 19.2 Å². The average molecular weight is 691 g/mol. The molecule has 47 heavy (non-hydrogen) atoms. The summed E-state index contributed by atoms with van der Waals surface area (Å²) in [5.74, 6) is -0.443. The number of nitrogens with one attached hydrogen (secondary N) is 1. The van der Waals surface area contributed by atoms with E-state index >= 15 is 0 Å². The number of hydrogen-bond donors (Lipinski definition) is 1. The van der Waals surface area contributed by atoms with Crippen molar-refractivity contribution < 1.29 is 28.7 Å². The molecule has 0 aliphatic carbocycles. The van der Waals surface area contributed by atoms with E-state index < -0.39 is 17.3 Å². The summed E-state index contributed by atoms with van der Waals surface area (Å²) in [7, 11) is 0. The van der Waals surface area contributed by atoms with Gasteiger partial charge in [-0.3, -0.25) is 19.2 Å². The van der Waals surface area contributed by atoms with E-state index in [9.17, 15) is 19.2 Å². The highest BCUT2D eigenvalue weighted by Gasteiger charge is 2.42. The number of ether oxygens (including phenoxy) is 2. The standard InChI is InChI=1S/C35H29Cl2N3O6S/c1-18(41)45-28-11-26-31(24-9-5-3-7-22(24)28)20(13-36)16-39(26)34(43)30-15-38-33(47-30)35(44)40-17-21(14-37)32-25-10-6-4-8-23(25)29(12-27(32)40)46-19(2)42/h3-12,15,20-21,33,38H,13-14,16-17H2,1-2H3/t20-,21-,33-/m1/s1. The minimum Gasteiger partial charge on any atom is -0.426 e. The van der Waals surface area contributed by atoms with Crippen LogP contribution in [0.15, 0.2) is 71.8 Å². The molecule has 0 radical (unpaired) electrons. The summed E-state index contributed by atoms with van der Waals surface area (Å²) in [6, 6.07) is 18.6. The second-order valence-corrected chi connectivity index (χ2v) is 13.4. The maximum Gasteiger partial charge on any atom is 0.308 e. The van der Waals surface area contributed by atoms with E-state index in [0.717, 1.165) is 44.4 Å². The Morgan fingerprint density at radius 2 is 1.23 bits per heavy atom. The van der Waals surface area contributed by atoms with Crippen molar-refractivity contribution >= 4 is 91.6 Å². The van der Waals surface area contributed by atoms with Gasteiger partial charge in [-0.05, 0) is 21.9 Å². The number of carbonyl (C=O) groups excluding carboxylic acids is 4. The van der Waals surface area contributed by atoms with Crippen LogP contribution in [0.4, 0.5) is 11.4 Å². The quantitative estimate of drug-likeness (QED) is 0.141. The molecule has 3 atom stereocenters.